The average Bonchev–Trinajstić information content (AvgIpc) is 3.33. The Morgan fingerprint density at radius 2 is 1.94 bits per heavy atom. The van der Waals surface area contributed by atoms with Crippen LogP contribution in [-0.4, -0.2) is 61.4 Å². The third-order valence-corrected chi connectivity index (χ3v) is 5.39. The van der Waals surface area contributed by atoms with Crippen molar-refractivity contribution in [3.8, 4) is 0 Å². The summed E-state index contributed by atoms with van der Waals surface area (Å²) in [6.45, 7) is 6.66. The van der Waals surface area contributed by atoms with E-state index in [0.717, 1.165) is 31.0 Å². The minimum Gasteiger partial charge on any atom is -0.468 e. The van der Waals surface area contributed by atoms with E-state index in [0.29, 0.717) is 19.1 Å². The molecule has 31 heavy (non-hydrogen) atoms. The fourth-order valence-electron chi connectivity index (χ4n) is 3.79. The Labute approximate surface area is 185 Å². The van der Waals surface area contributed by atoms with E-state index in [9.17, 15) is 5.11 Å². The largest absolute Gasteiger partial charge is 0.468 e. The summed E-state index contributed by atoms with van der Waals surface area (Å²) in [6, 6.07) is 14.1. The van der Waals surface area contributed by atoms with E-state index in [-0.39, 0.29) is 19.2 Å². The molecule has 7 nitrogen and oxygen atoms in total. The first-order chi connectivity index (χ1) is 15.3. The zero-order chi connectivity index (χ0) is 21.7. The molecule has 0 saturated carbocycles. The number of benzene rings is 1. The summed E-state index contributed by atoms with van der Waals surface area (Å²) in [5.74, 6) is 1.66. The number of rotatable bonds is 11. The first-order valence-corrected chi connectivity index (χ1v) is 11.4. The molecule has 2 heterocycles. The van der Waals surface area contributed by atoms with E-state index in [4.69, 9.17) is 9.15 Å². The second-order valence-corrected chi connectivity index (χ2v) is 7.88. The molecule has 1 aromatic carbocycles. The van der Waals surface area contributed by atoms with E-state index >= 15 is 0 Å². The zero-order valence-electron chi connectivity index (χ0n) is 18.5. The number of likely N-dealkylation sites (tertiary alicyclic amines) is 1. The molecule has 3 rings (SSSR count). The van der Waals surface area contributed by atoms with Gasteiger partial charge in [-0.25, -0.2) is 0 Å². The fourth-order valence-corrected chi connectivity index (χ4v) is 3.79. The summed E-state index contributed by atoms with van der Waals surface area (Å²) in [5, 5.41) is 17.0. The van der Waals surface area contributed by atoms with Gasteiger partial charge in [0.2, 0.25) is 0 Å². The summed E-state index contributed by atoms with van der Waals surface area (Å²) in [4.78, 5) is 7.03. The number of guanidine groups is 1. The molecule has 1 fully saturated rings. The van der Waals surface area contributed by atoms with Crippen molar-refractivity contribution in [2.75, 3.05) is 39.3 Å². The lowest BCUT2D eigenvalue weighted by atomic mass is 10.1. The van der Waals surface area contributed by atoms with E-state index in [1.807, 2.05) is 49.4 Å². The van der Waals surface area contributed by atoms with Crippen molar-refractivity contribution in [3.63, 3.8) is 0 Å². The van der Waals surface area contributed by atoms with Crippen molar-refractivity contribution in [1.82, 2.24) is 15.5 Å². The lowest BCUT2D eigenvalue weighted by Gasteiger charge is -2.33. The van der Waals surface area contributed by atoms with Crippen molar-refractivity contribution in [2.24, 2.45) is 4.99 Å². The molecule has 3 N–H and O–H groups in total. The Hall–Kier alpha value is -2.35. The van der Waals surface area contributed by atoms with E-state index in [1.54, 1.807) is 6.26 Å². The summed E-state index contributed by atoms with van der Waals surface area (Å²) in [7, 11) is 0. The molecule has 2 aromatic rings. The molecule has 0 aliphatic carbocycles. The lowest BCUT2D eigenvalue weighted by Crippen LogP contribution is -2.44. The Kier molecular flexibility index (Phi) is 9.89. The van der Waals surface area contributed by atoms with Crippen molar-refractivity contribution < 1.29 is 14.3 Å². The number of nitrogens with zero attached hydrogens (tertiary/aromatic N) is 2. The lowest BCUT2D eigenvalue weighted by molar-refractivity contribution is 0.0331. The van der Waals surface area contributed by atoms with Gasteiger partial charge in [0.25, 0.3) is 0 Å². The van der Waals surface area contributed by atoms with Gasteiger partial charge in [0.05, 0.1) is 38.2 Å². The fraction of sp³-hybridized carbons (Fsp3) is 0.542. The van der Waals surface area contributed by atoms with Crippen LogP contribution in [0.15, 0.2) is 58.1 Å². The van der Waals surface area contributed by atoms with Gasteiger partial charge in [0, 0.05) is 13.1 Å². The predicted molar refractivity (Wildman–Crippen MR) is 123 cm³/mol. The summed E-state index contributed by atoms with van der Waals surface area (Å²) in [6.07, 6.45) is 4.82. The van der Waals surface area contributed by atoms with Crippen molar-refractivity contribution >= 4 is 5.96 Å². The van der Waals surface area contributed by atoms with Gasteiger partial charge in [-0.2, -0.15) is 0 Å². The molecule has 0 amide bonds. The first kappa shape index (κ1) is 23.3. The van der Waals surface area contributed by atoms with Gasteiger partial charge in [0.1, 0.15) is 5.76 Å². The van der Waals surface area contributed by atoms with Crippen molar-refractivity contribution in [3.05, 3.63) is 60.1 Å². The SMILES string of the molecule is CCNC(=NCC(O)COCc1ccccc1)NCC(c1ccco1)N1CCCCC1. The Bertz CT molecular complexity index is 745. The maximum absolute atomic E-state index is 10.3. The molecule has 2 unspecified atom stereocenters. The number of furan rings is 1. The standard InChI is InChI=1S/C24H36N4O3/c1-2-25-24(26-16-21(29)19-30-18-20-10-5-3-6-11-20)27-17-22(23-12-9-15-31-23)28-13-7-4-8-14-28/h3,5-6,9-12,15,21-22,29H,2,4,7-8,13-14,16-19H2,1H3,(H2,25,26,27). The number of piperidine rings is 1. The number of hydrogen-bond acceptors (Lipinski definition) is 5. The van der Waals surface area contributed by atoms with E-state index in [1.165, 1.54) is 19.3 Å². The van der Waals surface area contributed by atoms with Gasteiger partial charge in [-0.3, -0.25) is 9.89 Å². The maximum atomic E-state index is 10.3. The quantitative estimate of drug-likeness (QED) is 0.377. The molecule has 7 heteroatoms. The van der Waals surface area contributed by atoms with Gasteiger partial charge < -0.3 is 24.9 Å². The molecule has 0 bridgehead atoms. The summed E-state index contributed by atoms with van der Waals surface area (Å²) >= 11 is 0. The Morgan fingerprint density at radius 3 is 2.65 bits per heavy atom. The Balaban J connectivity index is 1.49. The molecular formula is C24H36N4O3. The van der Waals surface area contributed by atoms with E-state index in [2.05, 4.69) is 20.5 Å². The van der Waals surface area contributed by atoms with Gasteiger partial charge >= 0.3 is 0 Å². The topological polar surface area (TPSA) is 82.3 Å². The van der Waals surface area contributed by atoms with Crippen LogP contribution in [0.2, 0.25) is 0 Å². The molecule has 0 spiro atoms. The van der Waals surface area contributed by atoms with Gasteiger partial charge in [-0.1, -0.05) is 36.8 Å². The molecule has 170 valence electrons. The Morgan fingerprint density at radius 1 is 1.13 bits per heavy atom. The van der Waals surface area contributed by atoms with Gasteiger partial charge in [0.15, 0.2) is 5.96 Å². The van der Waals surface area contributed by atoms with Crippen LogP contribution in [0.25, 0.3) is 0 Å². The summed E-state index contributed by atoms with van der Waals surface area (Å²) in [5.41, 5.74) is 1.09. The van der Waals surface area contributed by atoms with Gasteiger partial charge in [-0.15, -0.1) is 0 Å². The maximum Gasteiger partial charge on any atom is 0.191 e. The number of ether oxygens (including phenoxy) is 1. The van der Waals surface area contributed by atoms with Crippen LogP contribution in [0, 0.1) is 0 Å². The van der Waals surface area contributed by atoms with Gasteiger partial charge in [-0.05, 0) is 50.6 Å². The zero-order valence-corrected chi connectivity index (χ0v) is 18.5. The number of hydrogen-bond donors (Lipinski definition) is 3. The average molecular weight is 429 g/mol. The molecule has 1 aliphatic heterocycles. The number of aliphatic hydroxyl groups is 1. The third-order valence-electron chi connectivity index (χ3n) is 5.39. The monoisotopic (exact) mass is 428 g/mol. The van der Waals surface area contributed by atoms with Crippen LogP contribution in [-0.2, 0) is 11.3 Å². The van der Waals surface area contributed by atoms with Crippen LogP contribution in [0.4, 0.5) is 0 Å². The van der Waals surface area contributed by atoms with Crippen LogP contribution < -0.4 is 10.6 Å². The highest BCUT2D eigenvalue weighted by molar-refractivity contribution is 5.79. The van der Waals surface area contributed by atoms with E-state index < -0.39 is 6.10 Å². The second-order valence-electron chi connectivity index (χ2n) is 7.88. The van der Waals surface area contributed by atoms with Crippen LogP contribution in [0.5, 0.6) is 0 Å². The molecule has 1 aliphatic rings. The van der Waals surface area contributed by atoms with Crippen LogP contribution in [0.1, 0.15) is 43.6 Å². The van der Waals surface area contributed by atoms with Crippen LogP contribution >= 0.6 is 0 Å². The molecule has 1 aromatic heterocycles. The highest BCUT2D eigenvalue weighted by Crippen LogP contribution is 2.24. The molecular weight excluding hydrogens is 392 g/mol. The number of nitrogens with one attached hydrogen (secondary N) is 2. The molecule has 0 radical (unpaired) electrons. The molecule has 2 atom stereocenters. The smallest absolute Gasteiger partial charge is 0.191 e. The number of aliphatic imine (C=N–C) groups is 1. The summed E-state index contributed by atoms with van der Waals surface area (Å²) < 4.78 is 11.3. The minimum atomic E-state index is -0.651. The highest BCUT2D eigenvalue weighted by Gasteiger charge is 2.24. The van der Waals surface area contributed by atoms with Crippen molar-refractivity contribution in [1.29, 1.82) is 0 Å². The third kappa shape index (κ3) is 8.01. The molecule has 1 saturated heterocycles. The second kappa shape index (κ2) is 13.1. The normalized spacial score (nSPS) is 17.3. The van der Waals surface area contributed by atoms with Crippen molar-refractivity contribution in [2.45, 2.75) is 44.9 Å². The number of aliphatic hydroxyl groups excluding tert-OH is 1. The first-order valence-electron chi connectivity index (χ1n) is 11.4. The minimum absolute atomic E-state index is 0.165. The van der Waals surface area contributed by atoms with Crippen LogP contribution in [0.3, 0.4) is 0 Å². The predicted octanol–water partition coefficient (Wildman–Crippen LogP) is 2.94. The highest BCUT2D eigenvalue weighted by atomic mass is 16.5.